The summed E-state index contributed by atoms with van der Waals surface area (Å²) < 4.78 is 13.4. The number of amides is 2. The van der Waals surface area contributed by atoms with Gasteiger partial charge in [-0.25, -0.2) is 9.18 Å². The molecule has 0 aliphatic rings. The summed E-state index contributed by atoms with van der Waals surface area (Å²) in [5, 5.41) is 15.0. The van der Waals surface area contributed by atoms with Gasteiger partial charge in [0, 0.05) is 12.2 Å². The lowest BCUT2D eigenvalue weighted by Gasteiger charge is -2.13. The van der Waals surface area contributed by atoms with Crippen molar-refractivity contribution in [2.75, 3.05) is 11.9 Å². The standard InChI is InChI=1S/C16H17FN2O2/c1-11-7-8-13(9-14(11)17)19-16(21)18-10-15(20)12-5-3-2-4-6-12/h2-9,15,20H,10H2,1H3,(H2,18,19,21)/t15-/m1/s1. The largest absolute Gasteiger partial charge is 0.387 e. The first-order valence-corrected chi connectivity index (χ1v) is 6.60. The van der Waals surface area contributed by atoms with Crippen molar-refractivity contribution >= 4 is 11.7 Å². The number of benzene rings is 2. The molecule has 0 aromatic heterocycles. The van der Waals surface area contributed by atoms with Crippen molar-refractivity contribution in [2.24, 2.45) is 0 Å². The summed E-state index contributed by atoms with van der Waals surface area (Å²) >= 11 is 0. The number of aliphatic hydroxyl groups is 1. The molecule has 2 amide bonds. The highest BCUT2D eigenvalue weighted by Crippen LogP contribution is 2.14. The van der Waals surface area contributed by atoms with Crippen molar-refractivity contribution in [2.45, 2.75) is 13.0 Å². The molecular formula is C16H17FN2O2. The van der Waals surface area contributed by atoms with E-state index in [0.717, 1.165) is 5.56 Å². The molecule has 2 aromatic rings. The van der Waals surface area contributed by atoms with Gasteiger partial charge in [-0.1, -0.05) is 36.4 Å². The number of carbonyl (C=O) groups excluding carboxylic acids is 1. The third-order valence-corrected chi connectivity index (χ3v) is 3.07. The molecule has 0 aliphatic heterocycles. The van der Waals surface area contributed by atoms with Gasteiger partial charge in [0.15, 0.2) is 0 Å². The second-order valence-electron chi connectivity index (χ2n) is 4.73. The van der Waals surface area contributed by atoms with Crippen LogP contribution in [0.3, 0.4) is 0 Å². The lowest BCUT2D eigenvalue weighted by molar-refractivity contribution is 0.175. The second-order valence-corrected chi connectivity index (χ2v) is 4.73. The highest BCUT2D eigenvalue weighted by Gasteiger charge is 2.09. The molecule has 0 saturated heterocycles. The van der Waals surface area contributed by atoms with Crippen LogP contribution < -0.4 is 10.6 Å². The van der Waals surface area contributed by atoms with E-state index in [1.54, 1.807) is 31.2 Å². The lowest BCUT2D eigenvalue weighted by atomic mass is 10.1. The number of hydrogen-bond acceptors (Lipinski definition) is 2. The van der Waals surface area contributed by atoms with Gasteiger partial charge in [0.05, 0.1) is 6.10 Å². The van der Waals surface area contributed by atoms with Crippen molar-refractivity contribution in [1.82, 2.24) is 5.32 Å². The summed E-state index contributed by atoms with van der Waals surface area (Å²) in [5.74, 6) is -0.378. The number of anilines is 1. The SMILES string of the molecule is Cc1ccc(NC(=O)NC[C@@H](O)c2ccccc2)cc1F. The van der Waals surface area contributed by atoms with Crippen molar-refractivity contribution in [3.8, 4) is 0 Å². The Balaban J connectivity index is 1.86. The summed E-state index contributed by atoms with van der Waals surface area (Å²) in [4.78, 5) is 11.7. The van der Waals surface area contributed by atoms with E-state index in [1.165, 1.54) is 6.07 Å². The molecule has 0 fully saturated rings. The van der Waals surface area contributed by atoms with Gasteiger partial charge in [-0.3, -0.25) is 0 Å². The minimum Gasteiger partial charge on any atom is -0.387 e. The van der Waals surface area contributed by atoms with Crippen LogP contribution in [0.2, 0.25) is 0 Å². The molecule has 5 heteroatoms. The summed E-state index contributed by atoms with van der Waals surface area (Å²) in [6, 6.07) is 13.0. The van der Waals surface area contributed by atoms with Crippen molar-refractivity contribution in [3.05, 3.63) is 65.5 Å². The Morgan fingerprint density at radius 3 is 2.62 bits per heavy atom. The Kier molecular flexibility index (Phi) is 4.90. The average molecular weight is 288 g/mol. The maximum absolute atomic E-state index is 13.4. The second kappa shape index (κ2) is 6.85. The highest BCUT2D eigenvalue weighted by molar-refractivity contribution is 5.89. The summed E-state index contributed by atoms with van der Waals surface area (Å²) in [6.45, 7) is 1.72. The number of carbonyl (C=O) groups is 1. The molecule has 0 radical (unpaired) electrons. The fraction of sp³-hybridized carbons (Fsp3) is 0.188. The zero-order valence-corrected chi connectivity index (χ0v) is 11.6. The number of aliphatic hydroxyl groups excluding tert-OH is 1. The quantitative estimate of drug-likeness (QED) is 0.810. The van der Waals surface area contributed by atoms with E-state index in [0.29, 0.717) is 11.3 Å². The summed E-state index contributed by atoms with van der Waals surface area (Å²) in [7, 11) is 0. The maximum atomic E-state index is 13.4. The third-order valence-electron chi connectivity index (χ3n) is 3.07. The van der Waals surface area contributed by atoms with Gasteiger partial charge < -0.3 is 15.7 Å². The normalized spacial score (nSPS) is 11.8. The fourth-order valence-corrected chi connectivity index (χ4v) is 1.83. The highest BCUT2D eigenvalue weighted by atomic mass is 19.1. The van der Waals surface area contributed by atoms with E-state index < -0.39 is 12.1 Å². The molecule has 2 rings (SSSR count). The molecule has 4 nitrogen and oxygen atoms in total. The number of urea groups is 1. The van der Waals surface area contributed by atoms with Crippen LogP contribution >= 0.6 is 0 Å². The Labute approximate surface area is 122 Å². The third kappa shape index (κ3) is 4.29. The predicted octanol–water partition coefficient (Wildman–Crippen LogP) is 2.99. The molecule has 1 atom stereocenters. The minimum absolute atomic E-state index is 0.0736. The van der Waals surface area contributed by atoms with Gasteiger partial charge in [-0.15, -0.1) is 0 Å². The predicted molar refractivity (Wildman–Crippen MR) is 79.6 cm³/mol. The average Bonchev–Trinajstić information content (AvgIpc) is 2.49. The molecule has 2 aromatic carbocycles. The molecule has 0 aliphatic carbocycles. The molecule has 3 N–H and O–H groups in total. The van der Waals surface area contributed by atoms with Crippen LogP contribution in [-0.4, -0.2) is 17.7 Å². The van der Waals surface area contributed by atoms with Gasteiger partial charge in [0.1, 0.15) is 5.82 Å². The first-order valence-electron chi connectivity index (χ1n) is 6.60. The zero-order chi connectivity index (χ0) is 15.2. The van der Waals surface area contributed by atoms with Crippen LogP contribution in [0.1, 0.15) is 17.2 Å². The summed E-state index contributed by atoms with van der Waals surface area (Å²) in [5.41, 5.74) is 1.60. The van der Waals surface area contributed by atoms with E-state index in [9.17, 15) is 14.3 Å². The molecule has 0 heterocycles. The van der Waals surface area contributed by atoms with Crippen LogP contribution in [0.25, 0.3) is 0 Å². The molecule has 0 bridgehead atoms. The topological polar surface area (TPSA) is 61.4 Å². The van der Waals surface area contributed by atoms with Crippen molar-refractivity contribution in [1.29, 1.82) is 0 Å². The maximum Gasteiger partial charge on any atom is 0.319 e. The van der Waals surface area contributed by atoms with Crippen molar-refractivity contribution in [3.63, 3.8) is 0 Å². The van der Waals surface area contributed by atoms with Crippen LogP contribution in [0.5, 0.6) is 0 Å². The monoisotopic (exact) mass is 288 g/mol. The van der Waals surface area contributed by atoms with E-state index >= 15 is 0 Å². The molecule has 0 spiro atoms. The molecule has 0 saturated carbocycles. The number of rotatable bonds is 4. The minimum atomic E-state index is -0.785. The number of aryl methyl sites for hydroxylation is 1. The number of nitrogens with one attached hydrogen (secondary N) is 2. The molecular weight excluding hydrogens is 271 g/mol. The first-order chi connectivity index (χ1) is 10.1. The Hall–Kier alpha value is -2.40. The summed E-state index contributed by atoms with van der Waals surface area (Å²) in [6.07, 6.45) is -0.785. The number of hydrogen-bond donors (Lipinski definition) is 3. The lowest BCUT2D eigenvalue weighted by Crippen LogP contribution is -2.32. The zero-order valence-electron chi connectivity index (χ0n) is 11.6. The van der Waals surface area contributed by atoms with Crippen LogP contribution in [0.15, 0.2) is 48.5 Å². The van der Waals surface area contributed by atoms with Crippen molar-refractivity contribution < 1.29 is 14.3 Å². The van der Waals surface area contributed by atoms with E-state index in [1.807, 2.05) is 18.2 Å². The number of halogens is 1. The smallest absolute Gasteiger partial charge is 0.319 e. The van der Waals surface area contributed by atoms with Crippen LogP contribution in [-0.2, 0) is 0 Å². The Morgan fingerprint density at radius 2 is 1.95 bits per heavy atom. The van der Waals surface area contributed by atoms with Crippen LogP contribution in [0.4, 0.5) is 14.9 Å². The first kappa shape index (κ1) is 15.0. The molecule has 21 heavy (non-hydrogen) atoms. The van der Waals surface area contributed by atoms with Gasteiger partial charge in [-0.05, 0) is 30.2 Å². The van der Waals surface area contributed by atoms with Gasteiger partial charge >= 0.3 is 6.03 Å². The Morgan fingerprint density at radius 1 is 1.24 bits per heavy atom. The van der Waals surface area contributed by atoms with E-state index in [4.69, 9.17) is 0 Å². The Bertz CT molecular complexity index is 617. The van der Waals surface area contributed by atoms with E-state index in [2.05, 4.69) is 10.6 Å². The molecule has 110 valence electrons. The van der Waals surface area contributed by atoms with Gasteiger partial charge in [0.25, 0.3) is 0 Å². The fourth-order valence-electron chi connectivity index (χ4n) is 1.83. The van der Waals surface area contributed by atoms with Gasteiger partial charge in [-0.2, -0.15) is 0 Å². The van der Waals surface area contributed by atoms with Crippen LogP contribution in [0, 0.1) is 12.7 Å². The van der Waals surface area contributed by atoms with Gasteiger partial charge in [0.2, 0.25) is 0 Å². The molecule has 0 unspecified atom stereocenters. The van der Waals surface area contributed by atoms with E-state index in [-0.39, 0.29) is 12.4 Å².